The van der Waals surface area contributed by atoms with Gasteiger partial charge in [0, 0.05) is 17.5 Å². The first-order valence-electron chi connectivity index (χ1n) is 9.12. The highest BCUT2D eigenvalue weighted by Crippen LogP contribution is 2.37. The third kappa shape index (κ3) is 4.21. The van der Waals surface area contributed by atoms with Crippen molar-refractivity contribution in [2.24, 2.45) is 0 Å². The lowest BCUT2D eigenvalue weighted by Crippen LogP contribution is -2.13. The van der Waals surface area contributed by atoms with E-state index in [9.17, 15) is 9.59 Å². The molecule has 0 saturated heterocycles. The molecule has 0 radical (unpaired) electrons. The summed E-state index contributed by atoms with van der Waals surface area (Å²) in [6, 6.07) is 19.7. The second kappa shape index (κ2) is 8.06. The first-order chi connectivity index (χ1) is 14.1. The van der Waals surface area contributed by atoms with Crippen molar-refractivity contribution in [3.05, 3.63) is 83.4 Å². The molecule has 3 aromatic rings. The van der Waals surface area contributed by atoms with Gasteiger partial charge in [0.15, 0.2) is 0 Å². The number of carbonyl (C=O) groups is 2. The van der Waals surface area contributed by atoms with E-state index in [-0.39, 0.29) is 5.56 Å². The van der Waals surface area contributed by atoms with Gasteiger partial charge in [0.1, 0.15) is 36.2 Å². The number of fused-ring (bicyclic) bond motifs is 2. The zero-order valence-corrected chi connectivity index (χ0v) is 15.5. The molecule has 0 atom stereocenters. The van der Waals surface area contributed by atoms with Gasteiger partial charge < -0.3 is 19.3 Å². The predicted molar refractivity (Wildman–Crippen MR) is 105 cm³/mol. The number of aliphatic carboxylic acids is 1. The minimum Gasteiger partial charge on any atom is -0.490 e. The van der Waals surface area contributed by atoms with E-state index < -0.39 is 11.8 Å². The fraction of sp³-hybridized carbons (Fsp3) is 0.130. The minimum absolute atomic E-state index is 0.110. The summed E-state index contributed by atoms with van der Waals surface area (Å²) in [5.74, 6) is 0.565. The number of ketones is 1. The third-order valence-electron chi connectivity index (χ3n) is 4.54. The maximum atomic E-state index is 11.4. The topological polar surface area (TPSA) is 82.1 Å². The molecule has 0 amide bonds. The number of benzene rings is 3. The lowest BCUT2D eigenvalue weighted by atomic mass is 10.0. The Morgan fingerprint density at radius 2 is 1.48 bits per heavy atom. The van der Waals surface area contributed by atoms with Crippen molar-refractivity contribution < 1.29 is 28.9 Å². The van der Waals surface area contributed by atoms with E-state index in [1.165, 1.54) is 12.1 Å². The minimum atomic E-state index is -1.48. The van der Waals surface area contributed by atoms with Crippen molar-refractivity contribution in [3.63, 3.8) is 0 Å². The van der Waals surface area contributed by atoms with Gasteiger partial charge in [-0.25, -0.2) is 4.79 Å². The summed E-state index contributed by atoms with van der Waals surface area (Å²) >= 11 is 0. The molecule has 0 aromatic heterocycles. The van der Waals surface area contributed by atoms with Crippen molar-refractivity contribution in [3.8, 4) is 23.0 Å². The number of carbonyl (C=O) groups excluding carboxylic acids is 1. The number of carboxylic acids is 1. The summed E-state index contributed by atoms with van der Waals surface area (Å²) in [6.07, 6.45) is 0.792. The molecular formula is C23H18O6. The first-order valence-corrected chi connectivity index (χ1v) is 9.12. The molecule has 3 aromatic carbocycles. The van der Waals surface area contributed by atoms with Gasteiger partial charge in [-0.05, 0) is 54.1 Å². The van der Waals surface area contributed by atoms with Crippen molar-refractivity contribution >= 4 is 11.8 Å². The van der Waals surface area contributed by atoms with Crippen molar-refractivity contribution in [2.75, 3.05) is 13.2 Å². The lowest BCUT2D eigenvalue weighted by molar-refractivity contribution is -0.131. The molecule has 1 N–H and O–H groups in total. The van der Waals surface area contributed by atoms with Crippen LogP contribution in [0.4, 0.5) is 0 Å². The Labute approximate surface area is 167 Å². The Bertz CT molecular complexity index is 1060. The standard InChI is InChI=1S/C23H18O6/c24-22(23(25)26)15-5-7-18(8-6-15)27-11-12-28-19-9-10-21-17(14-19)13-16-3-1-2-4-20(16)29-21/h1-10,14H,11-13H2,(H,25,26). The van der Waals surface area contributed by atoms with Crippen LogP contribution in [0.15, 0.2) is 66.7 Å². The Kier molecular flexibility index (Phi) is 5.16. The number of rotatable bonds is 7. The summed E-state index contributed by atoms with van der Waals surface area (Å²) in [7, 11) is 0. The van der Waals surface area contributed by atoms with Crippen LogP contribution >= 0.6 is 0 Å². The molecule has 0 unspecified atom stereocenters. The molecular weight excluding hydrogens is 372 g/mol. The summed E-state index contributed by atoms with van der Waals surface area (Å²) in [5.41, 5.74) is 2.32. The van der Waals surface area contributed by atoms with E-state index in [0.29, 0.717) is 19.0 Å². The SMILES string of the molecule is O=C(O)C(=O)c1ccc(OCCOc2ccc3c(c2)Cc2ccccc2O3)cc1. The summed E-state index contributed by atoms with van der Waals surface area (Å²) in [6.45, 7) is 0.648. The number of Topliss-reactive ketones (excluding diaryl/α,β-unsaturated/α-hetero) is 1. The summed E-state index contributed by atoms with van der Waals surface area (Å²) < 4.78 is 17.3. The van der Waals surface area contributed by atoms with Gasteiger partial charge in [0.05, 0.1) is 0 Å². The van der Waals surface area contributed by atoms with Crippen molar-refractivity contribution in [1.82, 2.24) is 0 Å². The highest BCUT2D eigenvalue weighted by molar-refractivity contribution is 6.39. The Morgan fingerprint density at radius 3 is 2.24 bits per heavy atom. The monoisotopic (exact) mass is 390 g/mol. The van der Waals surface area contributed by atoms with Crippen LogP contribution in [0.1, 0.15) is 21.5 Å². The van der Waals surface area contributed by atoms with Gasteiger partial charge in [0.2, 0.25) is 0 Å². The fourth-order valence-corrected chi connectivity index (χ4v) is 3.10. The van der Waals surface area contributed by atoms with Gasteiger partial charge in [-0.1, -0.05) is 18.2 Å². The van der Waals surface area contributed by atoms with Gasteiger partial charge in [-0.3, -0.25) is 4.79 Å². The van der Waals surface area contributed by atoms with Crippen molar-refractivity contribution in [2.45, 2.75) is 6.42 Å². The number of hydrogen-bond donors (Lipinski definition) is 1. The van der Waals surface area contributed by atoms with Gasteiger partial charge in [-0.2, -0.15) is 0 Å². The number of para-hydroxylation sites is 1. The maximum Gasteiger partial charge on any atom is 0.377 e. The van der Waals surface area contributed by atoms with Gasteiger partial charge in [0.25, 0.3) is 5.78 Å². The fourth-order valence-electron chi connectivity index (χ4n) is 3.10. The van der Waals surface area contributed by atoms with E-state index in [0.717, 1.165) is 34.8 Å². The van der Waals surface area contributed by atoms with Crippen LogP contribution in [0.2, 0.25) is 0 Å². The summed E-state index contributed by atoms with van der Waals surface area (Å²) in [5, 5.41) is 8.70. The maximum absolute atomic E-state index is 11.4. The van der Waals surface area contributed by atoms with Crippen LogP contribution < -0.4 is 14.2 Å². The van der Waals surface area contributed by atoms with Gasteiger partial charge in [-0.15, -0.1) is 0 Å². The van der Waals surface area contributed by atoms with Crippen molar-refractivity contribution in [1.29, 1.82) is 0 Å². The molecule has 0 spiro atoms. The van der Waals surface area contributed by atoms with Gasteiger partial charge >= 0.3 is 5.97 Å². The number of hydrogen-bond acceptors (Lipinski definition) is 5. The molecule has 0 fully saturated rings. The highest BCUT2D eigenvalue weighted by atomic mass is 16.5. The van der Waals surface area contributed by atoms with Crippen LogP contribution in [0.25, 0.3) is 0 Å². The molecule has 6 nitrogen and oxygen atoms in total. The van der Waals surface area contributed by atoms with E-state index >= 15 is 0 Å². The molecule has 146 valence electrons. The van der Waals surface area contributed by atoms with E-state index in [4.69, 9.17) is 19.3 Å². The number of ether oxygens (including phenoxy) is 3. The molecule has 0 aliphatic carbocycles. The normalized spacial score (nSPS) is 11.6. The molecule has 4 rings (SSSR count). The Hall–Kier alpha value is -3.80. The molecule has 6 heteroatoms. The van der Waals surface area contributed by atoms with Crippen LogP contribution in [0.3, 0.4) is 0 Å². The molecule has 29 heavy (non-hydrogen) atoms. The third-order valence-corrected chi connectivity index (χ3v) is 4.54. The molecule has 0 bridgehead atoms. The Balaban J connectivity index is 1.29. The van der Waals surface area contributed by atoms with Crippen LogP contribution in [0.5, 0.6) is 23.0 Å². The van der Waals surface area contributed by atoms with E-state index in [1.54, 1.807) is 12.1 Å². The largest absolute Gasteiger partial charge is 0.490 e. The predicted octanol–water partition coefficient (Wildman–Crippen LogP) is 4.11. The lowest BCUT2D eigenvalue weighted by Gasteiger charge is -2.20. The molecule has 1 aliphatic rings. The Morgan fingerprint density at radius 1 is 0.828 bits per heavy atom. The average molecular weight is 390 g/mol. The molecule has 0 saturated carbocycles. The first kappa shape index (κ1) is 18.6. The smallest absolute Gasteiger partial charge is 0.377 e. The van der Waals surface area contributed by atoms with Crippen LogP contribution in [-0.4, -0.2) is 30.1 Å². The zero-order chi connectivity index (χ0) is 20.2. The van der Waals surface area contributed by atoms with E-state index in [1.807, 2.05) is 36.4 Å². The second-order valence-electron chi connectivity index (χ2n) is 6.51. The van der Waals surface area contributed by atoms with E-state index in [2.05, 4.69) is 6.07 Å². The molecule has 1 heterocycles. The average Bonchev–Trinajstić information content (AvgIpc) is 2.75. The number of carboxylic acid groups (broad SMARTS) is 1. The molecule has 1 aliphatic heterocycles. The zero-order valence-electron chi connectivity index (χ0n) is 15.5. The quantitative estimate of drug-likeness (QED) is 0.291. The summed E-state index contributed by atoms with van der Waals surface area (Å²) in [4.78, 5) is 22.0. The van der Waals surface area contributed by atoms with Crippen LogP contribution in [-0.2, 0) is 11.2 Å². The van der Waals surface area contributed by atoms with Crippen LogP contribution in [0, 0.1) is 0 Å². The second-order valence-corrected chi connectivity index (χ2v) is 6.51. The highest BCUT2D eigenvalue weighted by Gasteiger charge is 2.17.